The van der Waals surface area contributed by atoms with Crippen molar-refractivity contribution in [2.45, 2.75) is 43.4 Å². The number of halogens is 1. The molecule has 2 unspecified atom stereocenters. The molecule has 2 rings (SSSR count). The van der Waals surface area contributed by atoms with Gasteiger partial charge in [-0.05, 0) is 50.8 Å². The van der Waals surface area contributed by atoms with Crippen LogP contribution >= 0.6 is 23.7 Å². The number of aryl methyl sites for hydroxylation is 2. The van der Waals surface area contributed by atoms with Crippen molar-refractivity contribution in [3.05, 3.63) is 16.5 Å². The fraction of sp³-hybridized carbons (Fsp3) is 0.667. The lowest BCUT2D eigenvalue weighted by Gasteiger charge is -2.19. The first-order valence-corrected chi connectivity index (χ1v) is 8.53. The summed E-state index contributed by atoms with van der Waals surface area (Å²) in [5.41, 5.74) is 6.51. The third-order valence-corrected chi connectivity index (χ3v) is 6.79. The van der Waals surface area contributed by atoms with Gasteiger partial charge in [0.2, 0.25) is 0 Å². The highest BCUT2D eigenvalue weighted by Crippen LogP contribution is 2.29. The summed E-state index contributed by atoms with van der Waals surface area (Å²) in [6.07, 6.45) is 2.97. The monoisotopic (exact) mass is 324 g/mol. The Morgan fingerprint density at radius 2 is 2.11 bits per heavy atom. The van der Waals surface area contributed by atoms with E-state index in [1.165, 1.54) is 11.3 Å². The van der Waals surface area contributed by atoms with E-state index in [0.29, 0.717) is 10.8 Å². The van der Waals surface area contributed by atoms with Gasteiger partial charge in [0.1, 0.15) is 4.21 Å². The number of nitrogens with one attached hydrogen (secondary N) is 1. The molecule has 0 amide bonds. The van der Waals surface area contributed by atoms with Crippen molar-refractivity contribution in [3.8, 4) is 0 Å². The maximum Gasteiger partial charge on any atom is 0.250 e. The van der Waals surface area contributed by atoms with Crippen LogP contribution in [-0.2, 0) is 10.0 Å². The zero-order chi connectivity index (χ0) is 13.3. The molecule has 4 nitrogen and oxygen atoms in total. The highest BCUT2D eigenvalue weighted by atomic mass is 35.5. The summed E-state index contributed by atoms with van der Waals surface area (Å²) in [6, 6.07) is 1.91. The van der Waals surface area contributed by atoms with Crippen molar-refractivity contribution in [3.63, 3.8) is 0 Å². The predicted molar refractivity (Wildman–Crippen MR) is 81.5 cm³/mol. The molecule has 2 atom stereocenters. The van der Waals surface area contributed by atoms with E-state index in [-0.39, 0.29) is 24.4 Å². The minimum atomic E-state index is -3.38. The van der Waals surface area contributed by atoms with Crippen molar-refractivity contribution >= 4 is 33.8 Å². The Morgan fingerprint density at radius 3 is 2.63 bits per heavy atom. The normalized spacial score (nSPS) is 23.3. The number of sulfonamides is 1. The molecule has 110 valence electrons. The van der Waals surface area contributed by atoms with Gasteiger partial charge in [-0.15, -0.1) is 23.7 Å². The van der Waals surface area contributed by atoms with E-state index in [1.807, 2.05) is 19.9 Å². The average molecular weight is 325 g/mol. The zero-order valence-corrected chi connectivity index (χ0v) is 13.6. The molecule has 1 aromatic heterocycles. The van der Waals surface area contributed by atoms with Crippen LogP contribution < -0.4 is 10.5 Å². The first-order chi connectivity index (χ1) is 8.44. The van der Waals surface area contributed by atoms with Crippen LogP contribution in [0.2, 0.25) is 0 Å². The third-order valence-electron chi connectivity index (χ3n) is 3.51. The van der Waals surface area contributed by atoms with Crippen molar-refractivity contribution in [2.75, 3.05) is 6.54 Å². The Balaban J connectivity index is 0.00000180. The Hall–Kier alpha value is -0.140. The second kappa shape index (κ2) is 6.54. The molecule has 19 heavy (non-hydrogen) atoms. The van der Waals surface area contributed by atoms with E-state index in [2.05, 4.69) is 4.72 Å². The van der Waals surface area contributed by atoms with Crippen LogP contribution in [0.25, 0.3) is 0 Å². The molecular weight excluding hydrogens is 304 g/mol. The van der Waals surface area contributed by atoms with Gasteiger partial charge in [-0.2, -0.15) is 0 Å². The number of hydrogen-bond donors (Lipinski definition) is 2. The van der Waals surface area contributed by atoms with Crippen molar-refractivity contribution in [1.82, 2.24) is 4.72 Å². The van der Waals surface area contributed by atoms with Crippen LogP contribution in [0, 0.1) is 19.8 Å². The zero-order valence-electron chi connectivity index (χ0n) is 11.2. The molecule has 1 saturated carbocycles. The summed E-state index contributed by atoms with van der Waals surface area (Å²) >= 11 is 1.33. The predicted octanol–water partition coefficient (Wildman–Crippen LogP) is 2.19. The van der Waals surface area contributed by atoms with Crippen LogP contribution in [0.5, 0.6) is 0 Å². The molecule has 0 aliphatic heterocycles. The summed E-state index contributed by atoms with van der Waals surface area (Å²) in [7, 11) is -3.38. The van der Waals surface area contributed by atoms with Crippen LogP contribution in [0.1, 0.15) is 29.7 Å². The van der Waals surface area contributed by atoms with Crippen LogP contribution in [0.4, 0.5) is 0 Å². The Kier molecular flexibility index (Phi) is 5.82. The standard InChI is InChI=1S/C12H20N2O2S2.ClH/c1-8-6-9(2)17-12(8)18(15,16)14-11-5-3-4-10(11)7-13;/h6,10-11,14H,3-5,7,13H2,1-2H3;1H. The summed E-state index contributed by atoms with van der Waals surface area (Å²) in [4.78, 5) is 1.02. The molecule has 0 saturated heterocycles. The van der Waals surface area contributed by atoms with Crippen LogP contribution in [-0.4, -0.2) is 21.0 Å². The largest absolute Gasteiger partial charge is 0.330 e. The molecule has 0 aromatic carbocycles. The van der Waals surface area contributed by atoms with Gasteiger partial charge < -0.3 is 5.73 Å². The van der Waals surface area contributed by atoms with Gasteiger partial charge in [-0.1, -0.05) is 6.42 Å². The molecule has 1 aliphatic rings. The summed E-state index contributed by atoms with van der Waals surface area (Å²) in [5.74, 6) is 0.279. The minimum Gasteiger partial charge on any atom is -0.330 e. The topological polar surface area (TPSA) is 72.2 Å². The summed E-state index contributed by atoms with van der Waals surface area (Å²) in [5, 5.41) is 0. The highest BCUT2D eigenvalue weighted by Gasteiger charge is 2.31. The van der Waals surface area contributed by atoms with Gasteiger partial charge in [0.25, 0.3) is 10.0 Å². The molecule has 1 aliphatic carbocycles. The number of rotatable bonds is 4. The Bertz CT molecular complexity index is 528. The van der Waals surface area contributed by atoms with Gasteiger partial charge in [-0.25, -0.2) is 13.1 Å². The molecule has 0 radical (unpaired) electrons. The van der Waals surface area contributed by atoms with Gasteiger partial charge in [-0.3, -0.25) is 0 Å². The SMILES string of the molecule is Cc1cc(C)c(S(=O)(=O)NC2CCCC2CN)s1.Cl. The molecule has 0 spiro atoms. The minimum absolute atomic E-state index is 0. The van der Waals surface area contributed by atoms with Gasteiger partial charge in [0, 0.05) is 10.9 Å². The first-order valence-electron chi connectivity index (χ1n) is 6.23. The fourth-order valence-electron chi connectivity index (χ4n) is 2.61. The molecular formula is C12H21ClN2O2S2. The number of nitrogens with two attached hydrogens (primary N) is 1. The van der Waals surface area contributed by atoms with E-state index in [0.717, 1.165) is 29.7 Å². The van der Waals surface area contributed by atoms with Crippen molar-refractivity contribution in [2.24, 2.45) is 11.7 Å². The third kappa shape index (κ3) is 3.70. The second-order valence-corrected chi connectivity index (χ2v) is 8.15. The van der Waals surface area contributed by atoms with E-state index in [4.69, 9.17) is 5.73 Å². The van der Waals surface area contributed by atoms with Gasteiger partial charge in [0.15, 0.2) is 0 Å². The van der Waals surface area contributed by atoms with Crippen molar-refractivity contribution < 1.29 is 8.42 Å². The molecule has 1 aromatic rings. The first kappa shape index (κ1) is 16.9. The fourth-order valence-corrected chi connectivity index (χ4v) is 5.64. The van der Waals surface area contributed by atoms with E-state index < -0.39 is 10.0 Å². The lowest BCUT2D eigenvalue weighted by atomic mass is 10.1. The Labute approximate surface area is 125 Å². The lowest BCUT2D eigenvalue weighted by Crippen LogP contribution is -2.39. The highest BCUT2D eigenvalue weighted by molar-refractivity contribution is 7.91. The summed E-state index contributed by atoms with van der Waals surface area (Å²) in [6.45, 7) is 4.32. The molecule has 7 heteroatoms. The molecule has 1 fully saturated rings. The smallest absolute Gasteiger partial charge is 0.250 e. The van der Waals surface area contributed by atoms with Crippen LogP contribution in [0.3, 0.4) is 0 Å². The quantitative estimate of drug-likeness (QED) is 0.891. The van der Waals surface area contributed by atoms with E-state index in [9.17, 15) is 8.42 Å². The van der Waals surface area contributed by atoms with E-state index in [1.54, 1.807) is 0 Å². The maximum absolute atomic E-state index is 12.3. The Morgan fingerprint density at radius 1 is 1.42 bits per heavy atom. The molecule has 0 bridgehead atoms. The number of hydrogen-bond acceptors (Lipinski definition) is 4. The lowest BCUT2D eigenvalue weighted by molar-refractivity contribution is 0.453. The van der Waals surface area contributed by atoms with Crippen molar-refractivity contribution in [1.29, 1.82) is 0 Å². The summed E-state index contributed by atoms with van der Waals surface area (Å²) < 4.78 is 28.0. The number of thiophene rings is 1. The van der Waals surface area contributed by atoms with Gasteiger partial charge >= 0.3 is 0 Å². The maximum atomic E-state index is 12.3. The van der Waals surface area contributed by atoms with Crippen LogP contribution in [0.15, 0.2) is 10.3 Å². The average Bonchev–Trinajstić information content (AvgIpc) is 2.84. The molecule has 3 N–H and O–H groups in total. The van der Waals surface area contributed by atoms with Gasteiger partial charge in [0.05, 0.1) is 0 Å². The second-order valence-electron chi connectivity index (χ2n) is 4.98. The molecule has 1 heterocycles. The van der Waals surface area contributed by atoms with E-state index >= 15 is 0 Å².